The zero-order valence-corrected chi connectivity index (χ0v) is 7.20. The van der Waals surface area contributed by atoms with Gasteiger partial charge >= 0.3 is 0 Å². The van der Waals surface area contributed by atoms with Crippen LogP contribution in [0.4, 0.5) is 0 Å². The molecule has 64 valence electrons. The van der Waals surface area contributed by atoms with E-state index in [0.717, 1.165) is 18.3 Å². The fourth-order valence-electron chi connectivity index (χ4n) is 3.48. The maximum absolute atomic E-state index is 11.6. The Kier molecular flexibility index (Phi) is 1.27. The van der Waals surface area contributed by atoms with E-state index < -0.39 is 0 Å². The summed E-state index contributed by atoms with van der Waals surface area (Å²) < 4.78 is 0. The van der Waals surface area contributed by atoms with Crippen LogP contribution >= 0.6 is 0 Å². The molecule has 4 atom stereocenters. The number of rotatable bonds is 0. The SMILES string of the molecule is O=C1CC[C@H]2C[C@@H]1[C@H]1C=CC[C@@H]21. The van der Waals surface area contributed by atoms with Crippen LogP contribution in [0.1, 0.15) is 25.7 Å². The van der Waals surface area contributed by atoms with E-state index in [1.807, 2.05) is 0 Å². The molecule has 0 unspecified atom stereocenters. The van der Waals surface area contributed by atoms with Gasteiger partial charge in [-0.1, -0.05) is 12.2 Å². The van der Waals surface area contributed by atoms with Crippen molar-refractivity contribution in [3.05, 3.63) is 12.2 Å². The molecule has 0 aromatic carbocycles. The van der Waals surface area contributed by atoms with Crippen molar-refractivity contribution >= 4 is 5.78 Å². The lowest BCUT2D eigenvalue weighted by atomic mass is 9.85. The van der Waals surface area contributed by atoms with Crippen LogP contribution < -0.4 is 0 Å². The molecular weight excluding hydrogens is 148 g/mol. The van der Waals surface area contributed by atoms with Gasteiger partial charge in [0.15, 0.2) is 0 Å². The topological polar surface area (TPSA) is 17.1 Å². The molecule has 3 aliphatic carbocycles. The van der Waals surface area contributed by atoms with Gasteiger partial charge in [0, 0.05) is 12.3 Å². The lowest BCUT2D eigenvalue weighted by molar-refractivity contribution is -0.124. The number of allylic oxidation sites excluding steroid dienone is 2. The molecule has 0 amide bonds. The average molecular weight is 162 g/mol. The van der Waals surface area contributed by atoms with Crippen molar-refractivity contribution in [2.75, 3.05) is 0 Å². The van der Waals surface area contributed by atoms with Crippen LogP contribution in [0, 0.1) is 23.7 Å². The minimum atomic E-state index is 0.424. The minimum absolute atomic E-state index is 0.424. The highest BCUT2D eigenvalue weighted by Crippen LogP contribution is 2.52. The Morgan fingerprint density at radius 1 is 1.42 bits per heavy atom. The minimum Gasteiger partial charge on any atom is -0.299 e. The number of fused-ring (bicyclic) bond motifs is 5. The quantitative estimate of drug-likeness (QED) is 0.499. The van der Waals surface area contributed by atoms with E-state index in [0.29, 0.717) is 17.6 Å². The maximum Gasteiger partial charge on any atom is 0.136 e. The van der Waals surface area contributed by atoms with Gasteiger partial charge in [-0.3, -0.25) is 4.79 Å². The van der Waals surface area contributed by atoms with Crippen molar-refractivity contribution in [2.45, 2.75) is 25.7 Å². The molecular formula is C11H14O. The molecule has 0 aromatic rings. The molecule has 0 aliphatic heterocycles. The smallest absolute Gasteiger partial charge is 0.136 e. The second kappa shape index (κ2) is 2.21. The summed E-state index contributed by atoms with van der Waals surface area (Å²) in [5.74, 6) is 3.34. The number of carbonyl (C=O) groups excluding carboxylic acids is 1. The van der Waals surface area contributed by atoms with Gasteiger partial charge in [-0.25, -0.2) is 0 Å². The molecule has 3 aliphatic rings. The number of Topliss-reactive ketones (excluding diaryl/α,β-unsaturated/α-hetero) is 1. The van der Waals surface area contributed by atoms with E-state index in [-0.39, 0.29) is 0 Å². The molecule has 12 heavy (non-hydrogen) atoms. The number of carbonyl (C=O) groups is 1. The van der Waals surface area contributed by atoms with Crippen LogP contribution in [0.5, 0.6) is 0 Å². The van der Waals surface area contributed by atoms with Crippen molar-refractivity contribution in [3.8, 4) is 0 Å². The highest BCUT2D eigenvalue weighted by molar-refractivity contribution is 5.83. The van der Waals surface area contributed by atoms with Gasteiger partial charge in [-0.15, -0.1) is 0 Å². The summed E-state index contributed by atoms with van der Waals surface area (Å²) in [4.78, 5) is 11.6. The highest BCUT2D eigenvalue weighted by atomic mass is 16.1. The third-order valence-corrected chi connectivity index (χ3v) is 4.06. The standard InChI is InChI=1S/C11H14O/c12-11-5-4-7-6-10(11)9-3-1-2-8(7)9/h1,3,7-10H,2,4-6H2/t7-,8-,9-,10+/m0/s1. The normalized spacial score (nSPS) is 49.8. The molecule has 2 saturated carbocycles. The third kappa shape index (κ3) is 0.720. The van der Waals surface area contributed by atoms with E-state index in [4.69, 9.17) is 0 Å². The second-order valence-electron chi connectivity index (χ2n) is 4.51. The molecule has 1 nitrogen and oxygen atoms in total. The summed E-state index contributed by atoms with van der Waals surface area (Å²) in [7, 11) is 0. The molecule has 0 spiro atoms. The van der Waals surface area contributed by atoms with Gasteiger partial charge in [0.25, 0.3) is 0 Å². The van der Waals surface area contributed by atoms with Crippen LogP contribution in [-0.4, -0.2) is 5.78 Å². The Bertz CT molecular complexity index is 254. The lowest BCUT2D eigenvalue weighted by Gasteiger charge is -2.19. The predicted molar refractivity (Wildman–Crippen MR) is 46.6 cm³/mol. The van der Waals surface area contributed by atoms with Crippen molar-refractivity contribution in [2.24, 2.45) is 23.7 Å². The van der Waals surface area contributed by atoms with Gasteiger partial charge in [0.1, 0.15) is 5.78 Å². The van der Waals surface area contributed by atoms with Crippen molar-refractivity contribution in [1.82, 2.24) is 0 Å². The van der Waals surface area contributed by atoms with Crippen molar-refractivity contribution in [1.29, 1.82) is 0 Å². The summed E-state index contributed by atoms with van der Waals surface area (Å²) in [6.07, 6.45) is 9.09. The molecule has 1 heteroatoms. The Hall–Kier alpha value is -0.590. The fraction of sp³-hybridized carbons (Fsp3) is 0.727. The first kappa shape index (κ1) is 6.88. The lowest BCUT2D eigenvalue weighted by Crippen LogP contribution is -2.20. The highest BCUT2D eigenvalue weighted by Gasteiger charge is 2.48. The summed E-state index contributed by atoms with van der Waals surface area (Å²) >= 11 is 0. The molecule has 0 N–H and O–H groups in total. The van der Waals surface area contributed by atoms with E-state index in [9.17, 15) is 4.79 Å². The van der Waals surface area contributed by atoms with Crippen LogP contribution in [-0.2, 0) is 4.79 Å². The van der Waals surface area contributed by atoms with Crippen LogP contribution in [0.15, 0.2) is 12.2 Å². The Labute approximate surface area is 72.8 Å². The number of hydrogen-bond donors (Lipinski definition) is 0. The van der Waals surface area contributed by atoms with Gasteiger partial charge < -0.3 is 0 Å². The monoisotopic (exact) mass is 162 g/mol. The Morgan fingerprint density at radius 3 is 3.25 bits per heavy atom. The first-order valence-electron chi connectivity index (χ1n) is 5.05. The predicted octanol–water partition coefficient (Wildman–Crippen LogP) is 2.18. The van der Waals surface area contributed by atoms with Crippen LogP contribution in [0.2, 0.25) is 0 Å². The zero-order chi connectivity index (χ0) is 8.13. The fourth-order valence-corrected chi connectivity index (χ4v) is 3.48. The van der Waals surface area contributed by atoms with Crippen LogP contribution in [0.25, 0.3) is 0 Å². The second-order valence-corrected chi connectivity index (χ2v) is 4.51. The maximum atomic E-state index is 11.6. The molecule has 2 bridgehead atoms. The Morgan fingerprint density at radius 2 is 2.33 bits per heavy atom. The third-order valence-electron chi connectivity index (χ3n) is 4.06. The summed E-state index contributed by atoms with van der Waals surface area (Å²) in [6, 6.07) is 0. The first-order valence-corrected chi connectivity index (χ1v) is 5.05. The molecule has 3 rings (SSSR count). The van der Waals surface area contributed by atoms with E-state index in [1.54, 1.807) is 0 Å². The van der Waals surface area contributed by atoms with E-state index >= 15 is 0 Å². The van der Waals surface area contributed by atoms with Gasteiger partial charge in [0.2, 0.25) is 0 Å². The van der Waals surface area contributed by atoms with Crippen molar-refractivity contribution < 1.29 is 4.79 Å². The first-order chi connectivity index (χ1) is 5.86. The van der Waals surface area contributed by atoms with E-state index in [2.05, 4.69) is 12.2 Å². The van der Waals surface area contributed by atoms with Gasteiger partial charge in [-0.05, 0) is 37.0 Å². The molecule has 2 fully saturated rings. The van der Waals surface area contributed by atoms with Crippen LogP contribution in [0.3, 0.4) is 0 Å². The molecule has 0 aromatic heterocycles. The van der Waals surface area contributed by atoms with Gasteiger partial charge in [-0.2, -0.15) is 0 Å². The molecule has 0 heterocycles. The largest absolute Gasteiger partial charge is 0.299 e. The summed E-state index contributed by atoms with van der Waals surface area (Å²) in [6.45, 7) is 0. The Balaban J connectivity index is 1.97. The number of hydrogen-bond acceptors (Lipinski definition) is 1. The average Bonchev–Trinajstić information content (AvgIpc) is 2.59. The van der Waals surface area contributed by atoms with Crippen molar-refractivity contribution in [3.63, 3.8) is 0 Å². The molecule has 0 saturated heterocycles. The van der Waals surface area contributed by atoms with Gasteiger partial charge in [0.05, 0.1) is 0 Å². The zero-order valence-electron chi connectivity index (χ0n) is 7.20. The van der Waals surface area contributed by atoms with E-state index in [1.165, 1.54) is 19.3 Å². The molecule has 0 radical (unpaired) electrons. The number of ketones is 1. The summed E-state index contributed by atoms with van der Waals surface area (Å²) in [5.41, 5.74) is 0. The summed E-state index contributed by atoms with van der Waals surface area (Å²) in [5, 5.41) is 0.